The molecule has 3 amide bonds. The van der Waals surface area contributed by atoms with Gasteiger partial charge in [-0.25, -0.2) is 15.2 Å². The van der Waals surface area contributed by atoms with Crippen LogP contribution in [0.5, 0.6) is 0 Å². The number of carbonyl (C=O) groups is 2. The van der Waals surface area contributed by atoms with Crippen LogP contribution in [0.1, 0.15) is 12.5 Å². The molecule has 2 unspecified atom stereocenters. The maximum absolute atomic E-state index is 12.4. The number of allylic oxidation sites excluding steroid dienone is 2. The Balaban J connectivity index is 1.78. The highest BCUT2D eigenvalue weighted by Crippen LogP contribution is 2.23. The number of fused-ring (bicyclic) bond motifs is 1. The number of guanidine groups is 1. The predicted octanol–water partition coefficient (Wildman–Crippen LogP) is 2.69. The number of likely N-dealkylation sites (N-methyl/N-ethyl adjacent to an activating group) is 1. The van der Waals surface area contributed by atoms with Gasteiger partial charge in [0, 0.05) is 23.1 Å². The number of hydrogen-bond acceptors (Lipinski definition) is 6. The van der Waals surface area contributed by atoms with E-state index < -0.39 is 24.1 Å². The molecule has 1 aromatic carbocycles. The van der Waals surface area contributed by atoms with Gasteiger partial charge in [0.25, 0.3) is 5.91 Å². The lowest BCUT2D eigenvalue weighted by atomic mass is 10.1. The van der Waals surface area contributed by atoms with E-state index in [1.54, 1.807) is 31.2 Å². The zero-order valence-corrected chi connectivity index (χ0v) is 18.2. The van der Waals surface area contributed by atoms with Crippen molar-refractivity contribution in [2.24, 2.45) is 10.1 Å². The maximum Gasteiger partial charge on any atom is 0.325 e. The summed E-state index contributed by atoms with van der Waals surface area (Å²) in [6.45, 7) is 2.09. The largest absolute Gasteiger partial charge is 0.325 e. The molecule has 2 aliphatic rings. The molecule has 2 heterocycles. The van der Waals surface area contributed by atoms with Crippen LogP contribution in [0, 0.1) is 0 Å². The fourth-order valence-corrected chi connectivity index (χ4v) is 3.38. The molecule has 0 radical (unpaired) electrons. The Morgan fingerprint density at radius 1 is 1.38 bits per heavy atom. The van der Waals surface area contributed by atoms with Crippen molar-refractivity contribution in [1.29, 1.82) is 0 Å². The maximum atomic E-state index is 12.4. The van der Waals surface area contributed by atoms with Crippen LogP contribution >= 0.6 is 27.5 Å². The van der Waals surface area contributed by atoms with Gasteiger partial charge in [-0.2, -0.15) is 5.10 Å². The number of nitrogens with one attached hydrogen (secondary N) is 2. The van der Waals surface area contributed by atoms with Gasteiger partial charge in [-0.05, 0) is 34.5 Å². The molecule has 2 aliphatic heterocycles. The standard InChI is InChI=1S/C19H20BrClN6O2/c1-12(21)8-9-27-15-16(26(2)19(29)24-17(15)28)23-18(27)25-22-11-14(20)10-13-6-4-3-5-7-13/h3-8,10-11,15-16H,9H2,1-2H3,(H,23,25)(H,24,28,29)/b12-8-,14-10-,22-11-. The molecule has 1 fully saturated rings. The van der Waals surface area contributed by atoms with Crippen LogP contribution in [0.2, 0.25) is 0 Å². The molecule has 152 valence electrons. The molecule has 2 atom stereocenters. The minimum absolute atomic E-state index is 0.342. The molecule has 0 aromatic heterocycles. The van der Waals surface area contributed by atoms with Crippen LogP contribution in [0.25, 0.3) is 6.08 Å². The van der Waals surface area contributed by atoms with E-state index in [4.69, 9.17) is 11.6 Å². The highest BCUT2D eigenvalue weighted by Gasteiger charge is 2.48. The fourth-order valence-electron chi connectivity index (χ4n) is 2.94. The fraction of sp³-hybridized carbons (Fsp3) is 0.263. The lowest BCUT2D eigenvalue weighted by molar-refractivity contribution is -0.126. The third-order valence-corrected chi connectivity index (χ3v) is 4.97. The highest BCUT2D eigenvalue weighted by atomic mass is 79.9. The number of aliphatic imine (C=N–C) groups is 1. The summed E-state index contributed by atoms with van der Waals surface area (Å²) < 4.78 is 0.750. The molecule has 0 saturated carbocycles. The average molecular weight is 480 g/mol. The molecule has 10 heteroatoms. The molecule has 0 aliphatic carbocycles. The number of hydrogen-bond donors (Lipinski definition) is 2. The highest BCUT2D eigenvalue weighted by molar-refractivity contribution is 9.12. The third kappa shape index (κ3) is 5.04. The lowest BCUT2D eigenvalue weighted by Crippen LogP contribution is -2.64. The molecule has 29 heavy (non-hydrogen) atoms. The first kappa shape index (κ1) is 21.1. The van der Waals surface area contributed by atoms with Crippen LogP contribution in [-0.4, -0.2) is 59.7 Å². The summed E-state index contributed by atoms with van der Waals surface area (Å²) in [5, 5.41) is 7.13. The number of hydrazone groups is 1. The predicted molar refractivity (Wildman–Crippen MR) is 118 cm³/mol. The Bertz CT molecular complexity index is 911. The molecule has 1 aromatic rings. The van der Waals surface area contributed by atoms with Crippen LogP contribution < -0.4 is 10.7 Å². The molecule has 0 spiro atoms. The summed E-state index contributed by atoms with van der Waals surface area (Å²) in [6.07, 6.45) is 4.63. The van der Waals surface area contributed by atoms with Crippen LogP contribution in [0.15, 0.2) is 56.0 Å². The second-order valence-electron chi connectivity index (χ2n) is 6.47. The van der Waals surface area contributed by atoms with Crippen molar-refractivity contribution in [3.8, 4) is 0 Å². The molecule has 0 bridgehead atoms. The number of halogens is 2. The van der Waals surface area contributed by atoms with Crippen molar-refractivity contribution in [2.75, 3.05) is 13.6 Å². The first-order valence-corrected chi connectivity index (χ1v) is 9.99. The van der Waals surface area contributed by atoms with Gasteiger partial charge in [-0.15, -0.1) is 0 Å². The van der Waals surface area contributed by atoms with E-state index in [9.17, 15) is 9.59 Å². The first-order chi connectivity index (χ1) is 13.9. The van der Waals surface area contributed by atoms with E-state index in [0.29, 0.717) is 17.5 Å². The Labute approximate surface area is 182 Å². The Kier molecular flexibility index (Phi) is 6.71. The molecule has 2 N–H and O–H groups in total. The van der Waals surface area contributed by atoms with Crippen molar-refractivity contribution < 1.29 is 9.59 Å². The van der Waals surface area contributed by atoms with Crippen LogP contribution in [-0.2, 0) is 4.79 Å². The summed E-state index contributed by atoms with van der Waals surface area (Å²) in [6, 6.07) is 8.65. The zero-order valence-electron chi connectivity index (χ0n) is 15.8. The van der Waals surface area contributed by atoms with E-state index in [2.05, 4.69) is 36.8 Å². The van der Waals surface area contributed by atoms with Crippen molar-refractivity contribution in [1.82, 2.24) is 20.5 Å². The molecule has 1 saturated heterocycles. The first-order valence-electron chi connectivity index (χ1n) is 8.82. The number of carbonyl (C=O) groups excluding carboxylic acids is 2. The number of amides is 3. The van der Waals surface area contributed by atoms with Gasteiger partial charge < -0.3 is 9.80 Å². The summed E-state index contributed by atoms with van der Waals surface area (Å²) in [7, 11) is 1.59. The van der Waals surface area contributed by atoms with E-state index in [0.717, 1.165) is 10.0 Å². The smallest absolute Gasteiger partial charge is 0.322 e. The Morgan fingerprint density at radius 2 is 2.10 bits per heavy atom. The minimum Gasteiger partial charge on any atom is -0.322 e. The van der Waals surface area contributed by atoms with Gasteiger partial charge in [0.05, 0.1) is 6.21 Å². The van der Waals surface area contributed by atoms with Gasteiger partial charge in [0.2, 0.25) is 5.96 Å². The zero-order chi connectivity index (χ0) is 21.0. The van der Waals surface area contributed by atoms with E-state index in [1.807, 2.05) is 36.4 Å². The minimum atomic E-state index is -0.661. The summed E-state index contributed by atoms with van der Waals surface area (Å²) in [5.74, 6) is -0.0319. The Hall–Kier alpha value is -2.65. The second kappa shape index (κ2) is 9.23. The SMILES string of the molecule is C/C(Cl)=C/CN1C(N/N=C\C(Br)=C\c2ccccc2)=NC2C1C(=O)NC(=O)N2C. The van der Waals surface area contributed by atoms with Gasteiger partial charge in [-0.3, -0.25) is 10.1 Å². The third-order valence-electron chi connectivity index (χ3n) is 4.39. The molecule has 3 rings (SSSR count). The van der Waals surface area contributed by atoms with Crippen molar-refractivity contribution in [2.45, 2.75) is 19.1 Å². The topological polar surface area (TPSA) is 89.4 Å². The normalized spacial score (nSPS) is 22.7. The number of imide groups is 1. The molecular formula is C19H20BrClN6O2. The van der Waals surface area contributed by atoms with E-state index in [-0.39, 0.29) is 0 Å². The summed E-state index contributed by atoms with van der Waals surface area (Å²) in [5.41, 5.74) is 3.89. The van der Waals surface area contributed by atoms with Gasteiger partial charge in [0.1, 0.15) is 0 Å². The lowest BCUT2D eigenvalue weighted by Gasteiger charge is -2.35. The average Bonchev–Trinajstić information content (AvgIpc) is 3.04. The molecule has 8 nitrogen and oxygen atoms in total. The number of nitrogens with zero attached hydrogens (tertiary/aromatic N) is 4. The number of urea groups is 1. The molecular weight excluding hydrogens is 460 g/mol. The van der Waals surface area contributed by atoms with Crippen molar-refractivity contribution in [3.05, 3.63) is 51.5 Å². The van der Waals surface area contributed by atoms with E-state index >= 15 is 0 Å². The number of benzene rings is 1. The Morgan fingerprint density at radius 3 is 2.79 bits per heavy atom. The summed E-state index contributed by atoms with van der Waals surface area (Å²) >= 11 is 9.41. The van der Waals surface area contributed by atoms with Gasteiger partial charge >= 0.3 is 6.03 Å². The summed E-state index contributed by atoms with van der Waals surface area (Å²) in [4.78, 5) is 31.9. The van der Waals surface area contributed by atoms with E-state index in [1.165, 1.54) is 4.90 Å². The quantitative estimate of drug-likeness (QED) is 0.502. The monoisotopic (exact) mass is 478 g/mol. The number of rotatable bonds is 5. The second-order valence-corrected chi connectivity index (χ2v) is 7.98. The van der Waals surface area contributed by atoms with Gasteiger partial charge in [-0.1, -0.05) is 48.0 Å². The van der Waals surface area contributed by atoms with Crippen molar-refractivity contribution in [3.63, 3.8) is 0 Å². The van der Waals surface area contributed by atoms with Gasteiger partial charge in [0.15, 0.2) is 12.2 Å². The van der Waals surface area contributed by atoms with Crippen molar-refractivity contribution >= 4 is 57.7 Å². The van der Waals surface area contributed by atoms with Crippen LogP contribution in [0.4, 0.5) is 4.79 Å². The van der Waals surface area contributed by atoms with Crippen LogP contribution in [0.3, 0.4) is 0 Å².